The molecule has 31 heavy (non-hydrogen) atoms. The zero-order chi connectivity index (χ0) is 21.2. The molecule has 0 fully saturated rings. The summed E-state index contributed by atoms with van der Waals surface area (Å²) in [4.78, 5) is 23.8. The van der Waals surface area contributed by atoms with Crippen molar-refractivity contribution in [2.75, 3.05) is 17.2 Å². The number of rotatable bonds is 4. The second-order valence-corrected chi connectivity index (χ2v) is 7.85. The van der Waals surface area contributed by atoms with E-state index in [0.717, 1.165) is 41.2 Å². The third kappa shape index (κ3) is 4.23. The lowest BCUT2D eigenvalue weighted by Gasteiger charge is -2.18. The van der Waals surface area contributed by atoms with Crippen molar-refractivity contribution >= 4 is 23.3 Å². The Morgan fingerprint density at radius 1 is 0.903 bits per heavy atom. The van der Waals surface area contributed by atoms with Crippen molar-refractivity contribution < 1.29 is 14.3 Å². The Kier molecular flexibility index (Phi) is 5.04. The van der Waals surface area contributed by atoms with Crippen LogP contribution in [0.3, 0.4) is 0 Å². The van der Waals surface area contributed by atoms with Crippen molar-refractivity contribution in [3.05, 3.63) is 77.4 Å². The molecule has 3 aromatic carbocycles. The van der Waals surface area contributed by atoms with Crippen molar-refractivity contribution in [2.24, 2.45) is 0 Å². The van der Waals surface area contributed by atoms with Crippen LogP contribution < -0.4 is 20.7 Å². The molecule has 2 aliphatic heterocycles. The van der Waals surface area contributed by atoms with Crippen molar-refractivity contribution in [3.63, 3.8) is 0 Å². The van der Waals surface area contributed by atoms with Crippen molar-refractivity contribution in [1.29, 1.82) is 0 Å². The van der Waals surface area contributed by atoms with Gasteiger partial charge in [0.25, 0.3) is 0 Å². The largest absolute Gasteiger partial charge is 0.493 e. The van der Waals surface area contributed by atoms with Crippen LogP contribution in [-0.4, -0.2) is 18.5 Å². The van der Waals surface area contributed by atoms with Gasteiger partial charge in [-0.3, -0.25) is 4.79 Å². The van der Waals surface area contributed by atoms with Gasteiger partial charge in [0.15, 0.2) is 0 Å². The quantitative estimate of drug-likeness (QED) is 0.589. The topological polar surface area (TPSA) is 79.5 Å². The highest BCUT2D eigenvalue weighted by atomic mass is 16.5. The van der Waals surface area contributed by atoms with Gasteiger partial charge in [-0.05, 0) is 64.6 Å². The van der Waals surface area contributed by atoms with E-state index in [9.17, 15) is 9.59 Å². The van der Waals surface area contributed by atoms with Crippen LogP contribution in [0.1, 0.15) is 23.1 Å². The smallest absolute Gasteiger partial charge is 0.319 e. The van der Waals surface area contributed by atoms with Gasteiger partial charge in [-0.1, -0.05) is 30.3 Å². The van der Waals surface area contributed by atoms with Crippen LogP contribution in [-0.2, 0) is 24.2 Å². The SMILES string of the molecule is O=C1CCc2cc(NC(=O)NCc3ccc(-c4ccc5c(c4)CCO5)cc3)ccc2N1. The maximum absolute atomic E-state index is 12.3. The number of urea groups is 1. The van der Waals surface area contributed by atoms with E-state index in [1.165, 1.54) is 11.1 Å². The maximum atomic E-state index is 12.3. The van der Waals surface area contributed by atoms with Gasteiger partial charge in [-0.15, -0.1) is 0 Å². The van der Waals surface area contributed by atoms with Crippen LogP contribution in [0.5, 0.6) is 5.75 Å². The summed E-state index contributed by atoms with van der Waals surface area (Å²) in [5, 5.41) is 8.59. The van der Waals surface area contributed by atoms with E-state index in [4.69, 9.17) is 4.74 Å². The Morgan fingerprint density at radius 3 is 2.61 bits per heavy atom. The Bertz CT molecular complexity index is 1160. The van der Waals surface area contributed by atoms with Crippen LogP contribution >= 0.6 is 0 Å². The molecule has 0 saturated heterocycles. The molecule has 6 nitrogen and oxygen atoms in total. The number of anilines is 2. The second kappa shape index (κ2) is 8.14. The number of nitrogens with one attached hydrogen (secondary N) is 3. The summed E-state index contributed by atoms with van der Waals surface area (Å²) < 4.78 is 5.57. The van der Waals surface area contributed by atoms with Gasteiger partial charge >= 0.3 is 6.03 Å². The number of hydrogen-bond acceptors (Lipinski definition) is 3. The molecule has 0 saturated carbocycles. The highest BCUT2D eigenvalue weighted by molar-refractivity contribution is 5.95. The minimum atomic E-state index is -0.262. The van der Waals surface area contributed by atoms with Crippen molar-refractivity contribution in [3.8, 4) is 16.9 Å². The molecule has 156 valence electrons. The monoisotopic (exact) mass is 413 g/mol. The highest BCUT2D eigenvalue weighted by Crippen LogP contribution is 2.30. The lowest BCUT2D eigenvalue weighted by molar-refractivity contribution is -0.116. The molecule has 0 unspecified atom stereocenters. The maximum Gasteiger partial charge on any atom is 0.319 e. The normalized spacial score (nSPS) is 14.1. The molecule has 3 aromatic rings. The molecule has 0 radical (unpaired) electrons. The summed E-state index contributed by atoms with van der Waals surface area (Å²) in [5.74, 6) is 1.02. The Morgan fingerprint density at radius 2 is 1.74 bits per heavy atom. The molecule has 0 atom stereocenters. The number of carbonyl (C=O) groups is 2. The molecule has 6 heteroatoms. The van der Waals surface area contributed by atoms with Gasteiger partial charge in [-0.25, -0.2) is 4.79 Å². The number of ether oxygens (including phenoxy) is 1. The molecule has 0 spiro atoms. The summed E-state index contributed by atoms with van der Waals surface area (Å²) in [6.45, 7) is 1.19. The number of hydrogen-bond donors (Lipinski definition) is 3. The lowest BCUT2D eigenvalue weighted by Crippen LogP contribution is -2.28. The number of carbonyl (C=O) groups excluding carboxylic acids is 2. The van der Waals surface area contributed by atoms with Crippen molar-refractivity contribution in [2.45, 2.75) is 25.8 Å². The summed E-state index contributed by atoms with van der Waals surface area (Å²) >= 11 is 0. The first-order valence-corrected chi connectivity index (χ1v) is 10.5. The molecule has 2 heterocycles. The van der Waals surface area contributed by atoms with Gasteiger partial charge < -0.3 is 20.7 Å². The zero-order valence-electron chi connectivity index (χ0n) is 17.0. The first-order chi connectivity index (χ1) is 15.1. The Balaban J connectivity index is 1.17. The van der Waals surface area contributed by atoms with Gasteiger partial charge in [0.2, 0.25) is 5.91 Å². The minimum absolute atomic E-state index is 0.0298. The summed E-state index contributed by atoms with van der Waals surface area (Å²) in [6, 6.07) is 19.8. The van der Waals surface area contributed by atoms with Gasteiger partial charge in [0, 0.05) is 30.8 Å². The lowest BCUT2D eigenvalue weighted by atomic mass is 10.0. The fourth-order valence-corrected chi connectivity index (χ4v) is 4.00. The summed E-state index contributed by atoms with van der Waals surface area (Å²) in [5.41, 5.74) is 7.16. The number of aryl methyl sites for hydroxylation is 1. The third-order valence-corrected chi connectivity index (χ3v) is 5.69. The minimum Gasteiger partial charge on any atom is -0.493 e. The standard InChI is InChI=1S/C25H23N3O3/c29-24-10-6-19-14-21(7-8-22(19)28-24)27-25(30)26-15-16-1-3-17(4-2-16)18-5-9-23-20(13-18)11-12-31-23/h1-5,7-9,13-14H,6,10-12,15H2,(H,28,29)(H2,26,27,30). The molecular formula is C25H23N3O3. The fourth-order valence-electron chi connectivity index (χ4n) is 4.00. The Labute approximate surface area is 180 Å². The van der Waals surface area contributed by atoms with Crippen LogP contribution in [0.2, 0.25) is 0 Å². The van der Waals surface area contributed by atoms with Crippen LogP contribution in [0.4, 0.5) is 16.2 Å². The van der Waals surface area contributed by atoms with E-state index >= 15 is 0 Å². The number of fused-ring (bicyclic) bond motifs is 2. The summed E-state index contributed by atoms with van der Waals surface area (Å²) in [6.07, 6.45) is 2.11. The molecule has 0 bridgehead atoms. The predicted octanol–water partition coefficient (Wildman–Crippen LogP) is 4.49. The van der Waals surface area contributed by atoms with E-state index < -0.39 is 0 Å². The average Bonchev–Trinajstić information content (AvgIpc) is 3.26. The van der Waals surface area contributed by atoms with E-state index in [1.54, 1.807) is 6.07 Å². The van der Waals surface area contributed by atoms with Gasteiger partial charge in [0.1, 0.15) is 5.75 Å². The fraction of sp³-hybridized carbons (Fsp3) is 0.200. The van der Waals surface area contributed by atoms with Crippen molar-refractivity contribution in [1.82, 2.24) is 5.32 Å². The highest BCUT2D eigenvalue weighted by Gasteiger charge is 2.15. The van der Waals surface area contributed by atoms with Gasteiger partial charge in [0.05, 0.1) is 6.61 Å². The molecule has 2 aliphatic rings. The predicted molar refractivity (Wildman–Crippen MR) is 120 cm³/mol. The van der Waals surface area contributed by atoms with E-state index in [2.05, 4.69) is 40.2 Å². The second-order valence-electron chi connectivity index (χ2n) is 7.85. The van der Waals surface area contributed by atoms with E-state index in [-0.39, 0.29) is 11.9 Å². The molecule has 0 aliphatic carbocycles. The molecule has 3 amide bonds. The van der Waals surface area contributed by atoms with Crippen LogP contribution in [0.25, 0.3) is 11.1 Å². The zero-order valence-corrected chi connectivity index (χ0v) is 17.0. The van der Waals surface area contributed by atoms with Crippen LogP contribution in [0, 0.1) is 0 Å². The van der Waals surface area contributed by atoms with E-state index in [1.807, 2.05) is 30.3 Å². The van der Waals surface area contributed by atoms with Crippen LogP contribution in [0.15, 0.2) is 60.7 Å². The first-order valence-electron chi connectivity index (χ1n) is 10.5. The third-order valence-electron chi connectivity index (χ3n) is 5.69. The molecular weight excluding hydrogens is 390 g/mol. The Hall–Kier alpha value is -3.80. The molecule has 5 rings (SSSR count). The number of amides is 3. The molecule has 3 N–H and O–H groups in total. The summed E-state index contributed by atoms with van der Waals surface area (Å²) in [7, 11) is 0. The van der Waals surface area contributed by atoms with Gasteiger partial charge in [-0.2, -0.15) is 0 Å². The first kappa shape index (κ1) is 19.2. The number of benzene rings is 3. The van der Waals surface area contributed by atoms with E-state index in [0.29, 0.717) is 25.1 Å². The average molecular weight is 413 g/mol. The molecule has 0 aromatic heterocycles.